The largest absolute Gasteiger partial charge is 0.496 e. The van der Waals surface area contributed by atoms with Gasteiger partial charge >= 0.3 is 5.97 Å². The quantitative estimate of drug-likeness (QED) is 0.654. The van der Waals surface area contributed by atoms with Gasteiger partial charge in [0.25, 0.3) is 5.91 Å². The predicted octanol–water partition coefficient (Wildman–Crippen LogP) is 4.82. The molecule has 0 saturated heterocycles. The van der Waals surface area contributed by atoms with Crippen molar-refractivity contribution in [1.29, 1.82) is 5.26 Å². The number of methoxy groups -OCH3 is 1. The van der Waals surface area contributed by atoms with Crippen LogP contribution in [0.25, 0.3) is 0 Å². The van der Waals surface area contributed by atoms with Crippen molar-refractivity contribution < 1.29 is 24.2 Å². The molecule has 2 N–H and O–H groups in total. The number of carboxylic acid groups (broad SMARTS) is 1. The highest BCUT2D eigenvalue weighted by molar-refractivity contribution is 5.98. The van der Waals surface area contributed by atoms with Crippen LogP contribution in [0.5, 0.6) is 11.5 Å². The van der Waals surface area contributed by atoms with Crippen molar-refractivity contribution >= 4 is 11.9 Å². The minimum Gasteiger partial charge on any atom is -0.496 e. The Morgan fingerprint density at radius 1 is 1.06 bits per heavy atom. The second-order valence-corrected chi connectivity index (χ2v) is 9.36. The third kappa shape index (κ3) is 5.73. The van der Waals surface area contributed by atoms with Crippen molar-refractivity contribution in [2.75, 3.05) is 7.11 Å². The summed E-state index contributed by atoms with van der Waals surface area (Å²) in [4.78, 5) is 24.6. The summed E-state index contributed by atoms with van der Waals surface area (Å²) in [5, 5.41) is 22.2. The van der Waals surface area contributed by atoms with E-state index in [1.807, 2.05) is 0 Å². The van der Waals surface area contributed by atoms with Gasteiger partial charge in [0.2, 0.25) is 0 Å². The molecule has 1 aromatic rings. The number of hydrogen-bond acceptors (Lipinski definition) is 5. The van der Waals surface area contributed by atoms with Crippen molar-refractivity contribution in [3.63, 3.8) is 0 Å². The van der Waals surface area contributed by atoms with Gasteiger partial charge in [-0.25, -0.2) is 0 Å². The van der Waals surface area contributed by atoms with E-state index < -0.39 is 11.4 Å². The summed E-state index contributed by atoms with van der Waals surface area (Å²) in [6.45, 7) is 1.76. The average Bonchev–Trinajstić information content (AvgIpc) is 2.76. The number of carbonyl (C=O) groups excluding carboxylic acids is 1. The van der Waals surface area contributed by atoms with Gasteiger partial charge < -0.3 is 19.9 Å². The summed E-state index contributed by atoms with van der Waals surface area (Å²) in [5.74, 6) is -0.311. The third-order valence-electron chi connectivity index (χ3n) is 6.95. The fourth-order valence-electron chi connectivity index (χ4n) is 4.69. The number of carbonyl (C=O) groups is 2. The zero-order valence-electron chi connectivity index (χ0n) is 19.1. The van der Waals surface area contributed by atoms with Crippen LogP contribution in [-0.4, -0.2) is 36.2 Å². The van der Waals surface area contributed by atoms with Crippen molar-refractivity contribution in [2.45, 2.75) is 89.7 Å². The monoisotopic (exact) mass is 442 g/mol. The number of amides is 1. The Morgan fingerprint density at radius 3 is 2.25 bits per heavy atom. The minimum absolute atomic E-state index is 0.138. The number of nitrogens with one attached hydrogen (secondary N) is 1. The SMILES string of the molecule is COc1cc(C#N)c(OC2CCC(C)(C(=O)O)CC2)cc1C(=O)NC1CCCCCCC1. The Hall–Kier alpha value is -2.75. The number of rotatable bonds is 6. The molecule has 32 heavy (non-hydrogen) atoms. The first-order valence-corrected chi connectivity index (χ1v) is 11.7. The second-order valence-electron chi connectivity index (χ2n) is 9.36. The van der Waals surface area contributed by atoms with Gasteiger partial charge in [-0.2, -0.15) is 5.26 Å². The van der Waals surface area contributed by atoms with Crippen LogP contribution in [0, 0.1) is 16.7 Å². The molecule has 3 rings (SSSR count). The van der Waals surface area contributed by atoms with Crippen LogP contribution in [0.4, 0.5) is 0 Å². The fraction of sp³-hybridized carbons (Fsp3) is 0.640. The molecule has 0 bridgehead atoms. The number of ether oxygens (including phenoxy) is 2. The number of nitrogens with zero attached hydrogens (tertiary/aromatic N) is 1. The van der Waals surface area contributed by atoms with Crippen molar-refractivity contribution in [3.8, 4) is 17.6 Å². The first-order valence-electron chi connectivity index (χ1n) is 11.7. The molecule has 0 heterocycles. The summed E-state index contributed by atoms with van der Waals surface area (Å²) in [5.41, 5.74) is -0.0776. The molecule has 2 saturated carbocycles. The molecule has 0 aliphatic heterocycles. The topological polar surface area (TPSA) is 109 Å². The first-order chi connectivity index (χ1) is 15.4. The highest BCUT2D eigenvalue weighted by Crippen LogP contribution is 2.38. The first kappa shape index (κ1) is 23.9. The van der Waals surface area contributed by atoms with Gasteiger partial charge in [-0.15, -0.1) is 0 Å². The average molecular weight is 443 g/mol. The van der Waals surface area contributed by atoms with E-state index in [4.69, 9.17) is 9.47 Å². The number of aliphatic carboxylic acids is 1. The molecular formula is C25H34N2O5. The minimum atomic E-state index is -0.786. The van der Waals surface area contributed by atoms with Crippen molar-refractivity contribution in [1.82, 2.24) is 5.32 Å². The smallest absolute Gasteiger partial charge is 0.309 e. The highest BCUT2D eigenvalue weighted by atomic mass is 16.5. The molecule has 0 radical (unpaired) electrons. The molecule has 7 nitrogen and oxygen atoms in total. The van der Waals surface area contributed by atoms with Gasteiger partial charge in [0, 0.05) is 12.1 Å². The Bertz CT molecular complexity index is 860. The molecule has 2 aliphatic rings. The van der Waals surface area contributed by atoms with E-state index in [1.54, 1.807) is 19.1 Å². The van der Waals surface area contributed by atoms with E-state index in [0.717, 1.165) is 25.7 Å². The summed E-state index contributed by atoms with van der Waals surface area (Å²) in [6.07, 6.45) is 9.84. The molecule has 2 aliphatic carbocycles. The summed E-state index contributed by atoms with van der Waals surface area (Å²) in [6, 6.07) is 5.41. The van der Waals surface area contributed by atoms with Crippen LogP contribution >= 0.6 is 0 Å². The van der Waals surface area contributed by atoms with Gasteiger partial charge in [-0.3, -0.25) is 9.59 Å². The fourth-order valence-corrected chi connectivity index (χ4v) is 4.69. The standard InChI is InChI=1S/C25H34N2O5/c1-25(24(29)30)12-10-19(11-13-25)32-21-15-20(22(31-2)14-17(21)16-26)23(28)27-18-8-6-4-3-5-7-9-18/h14-15,18-19H,3-13H2,1-2H3,(H,27,28)(H,29,30). The maximum Gasteiger partial charge on any atom is 0.309 e. The van der Waals surface area contributed by atoms with Crippen LogP contribution in [0.15, 0.2) is 12.1 Å². The number of nitriles is 1. The Morgan fingerprint density at radius 2 is 1.69 bits per heavy atom. The number of benzene rings is 1. The van der Waals surface area contributed by atoms with E-state index in [1.165, 1.54) is 26.4 Å². The number of carboxylic acids is 1. The zero-order valence-corrected chi connectivity index (χ0v) is 19.1. The molecule has 2 fully saturated rings. The summed E-state index contributed by atoms with van der Waals surface area (Å²) >= 11 is 0. The van der Waals surface area contributed by atoms with E-state index in [-0.39, 0.29) is 18.1 Å². The molecule has 174 valence electrons. The Labute approximate surface area is 190 Å². The second kappa shape index (κ2) is 10.7. The lowest BCUT2D eigenvalue weighted by atomic mass is 9.75. The van der Waals surface area contributed by atoms with Gasteiger partial charge in [-0.05, 0) is 51.5 Å². The van der Waals surface area contributed by atoms with E-state index in [0.29, 0.717) is 48.3 Å². The van der Waals surface area contributed by atoms with Crippen LogP contribution < -0.4 is 14.8 Å². The van der Waals surface area contributed by atoms with Crippen molar-refractivity contribution in [3.05, 3.63) is 23.3 Å². The van der Waals surface area contributed by atoms with Crippen LogP contribution in [0.3, 0.4) is 0 Å². The van der Waals surface area contributed by atoms with E-state index in [2.05, 4.69) is 11.4 Å². The molecule has 1 aromatic carbocycles. The zero-order chi connectivity index (χ0) is 23.1. The summed E-state index contributed by atoms with van der Waals surface area (Å²) < 4.78 is 11.5. The Kier molecular flexibility index (Phi) is 8.00. The van der Waals surface area contributed by atoms with Gasteiger partial charge in [0.1, 0.15) is 17.6 Å². The third-order valence-corrected chi connectivity index (χ3v) is 6.95. The van der Waals surface area contributed by atoms with Crippen LogP contribution in [0.2, 0.25) is 0 Å². The molecule has 1 amide bonds. The predicted molar refractivity (Wildman–Crippen MR) is 120 cm³/mol. The molecule has 0 unspecified atom stereocenters. The lowest BCUT2D eigenvalue weighted by molar-refractivity contribution is -0.150. The van der Waals surface area contributed by atoms with Gasteiger partial charge in [0.15, 0.2) is 0 Å². The Balaban J connectivity index is 1.76. The molecule has 0 atom stereocenters. The van der Waals surface area contributed by atoms with Crippen LogP contribution in [-0.2, 0) is 4.79 Å². The lowest BCUT2D eigenvalue weighted by Crippen LogP contribution is -2.36. The molecule has 0 aromatic heterocycles. The maximum atomic E-state index is 13.1. The molecule has 7 heteroatoms. The molecule has 0 spiro atoms. The lowest BCUT2D eigenvalue weighted by Gasteiger charge is -2.34. The van der Waals surface area contributed by atoms with Gasteiger partial charge in [-0.1, -0.05) is 32.1 Å². The molecular weight excluding hydrogens is 408 g/mol. The normalized spacial score (nSPS) is 24.5. The van der Waals surface area contributed by atoms with E-state index in [9.17, 15) is 20.0 Å². The van der Waals surface area contributed by atoms with Crippen LogP contribution in [0.1, 0.15) is 93.5 Å². The maximum absolute atomic E-state index is 13.1. The van der Waals surface area contributed by atoms with E-state index >= 15 is 0 Å². The van der Waals surface area contributed by atoms with Gasteiger partial charge in [0.05, 0.1) is 29.8 Å². The highest BCUT2D eigenvalue weighted by Gasteiger charge is 2.38. The summed E-state index contributed by atoms with van der Waals surface area (Å²) in [7, 11) is 1.48. The van der Waals surface area contributed by atoms with Crippen molar-refractivity contribution in [2.24, 2.45) is 5.41 Å². The number of hydrogen-bond donors (Lipinski definition) is 2.